The van der Waals surface area contributed by atoms with Gasteiger partial charge in [-0.3, -0.25) is 0 Å². The summed E-state index contributed by atoms with van der Waals surface area (Å²) < 4.78 is 44.6. The van der Waals surface area contributed by atoms with E-state index in [1.165, 1.54) is 6.07 Å². The third kappa shape index (κ3) is 16.3. The standard InChI is InChI=1S/C41H63FN2O29/c42-14-1-2-15-16(11-14)44-36(43-15)29(58)27(56)21(12-49)71-41-34(63)28(57)35(22(13-50)72-41)73-40(67)33(62)26(55)20(6-10-48)70-39(66)32(61)25(54)19(5-9-47)69-38(65)31(60)24(53)18(4-8-46)68-37(64)30(59)23(52)17(51)3-7-45/h1-2,11,17-22,27-29,34-35,37-41,45-67H,3-10,12-13H2,(H,43,44)/b30-23+,31-24+,32-25+,33-26+/t17-,18-,19-,20-,21-,22?,27?,28?,29?,34?,35-,37-,38-,39-,40-,41+/m1/s1. The van der Waals surface area contributed by atoms with E-state index in [4.69, 9.17) is 33.5 Å². The molecular formula is C41H63FN2O29. The maximum Gasteiger partial charge on any atom is 0.218 e. The van der Waals surface area contributed by atoms with Gasteiger partial charge in [-0.05, 0) is 18.2 Å². The number of aromatic nitrogens is 2. The fourth-order valence-corrected chi connectivity index (χ4v) is 6.71. The SMILES string of the molecule is OCC[C@@H](O)/C(O)=C(\O)[C@H](O)O[C@H](CCO)/C(O)=C(\O)[C@H](O)O[C@H](CCO)/C(O)=C(\O)[C@H](O)O[C@H](CCO)/C(O)=C(\O)[C@H](O)O[C@@H]1C(CO)O[C@H](O[C@H](CO)C(O)C(O)c2nc3ccc(F)cc3[nH]2)C(O)C1O. The molecule has 3 rings (SSSR count). The number of aromatic amines is 1. The molecule has 0 aliphatic carbocycles. The minimum atomic E-state index is -2.81. The van der Waals surface area contributed by atoms with Crippen LogP contribution in [0, 0.1) is 5.82 Å². The Kier molecular flexibility index (Phi) is 25.0. The molecule has 1 aromatic carbocycles. The Morgan fingerprint density at radius 1 is 0.589 bits per heavy atom. The van der Waals surface area contributed by atoms with Crippen molar-refractivity contribution in [1.29, 1.82) is 0 Å². The zero-order chi connectivity index (χ0) is 55.0. The van der Waals surface area contributed by atoms with Crippen LogP contribution < -0.4 is 0 Å². The molecule has 1 saturated heterocycles. The zero-order valence-corrected chi connectivity index (χ0v) is 38.1. The van der Waals surface area contributed by atoms with Crippen LogP contribution in [0.3, 0.4) is 0 Å². The summed E-state index contributed by atoms with van der Waals surface area (Å²) in [7, 11) is 0. The number of ether oxygens (including phenoxy) is 6. The maximum absolute atomic E-state index is 13.7. The zero-order valence-electron chi connectivity index (χ0n) is 38.1. The lowest BCUT2D eigenvalue weighted by atomic mass is 9.98. The molecule has 1 aromatic heterocycles. The maximum atomic E-state index is 13.7. The molecule has 2 heterocycles. The summed E-state index contributed by atoms with van der Waals surface area (Å²) in [6.45, 7) is -5.61. The summed E-state index contributed by atoms with van der Waals surface area (Å²) in [6, 6.07) is 3.40. The van der Waals surface area contributed by atoms with Crippen LogP contribution in [0.2, 0.25) is 0 Å². The van der Waals surface area contributed by atoms with Crippen molar-refractivity contribution in [2.24, 2.45) is 0 Å². The third-order valence-electron chi connectivity index (χ3n) is 10.7. The first-order chi connectivity index (χ1) is 34.4. The van der Waals surface area contributed by atoms with Gasteiger partial charge >= 0.3 is 0 Å². The van der Waals surface area contributed by atoms with E-state index in [9.17, 15) is 117 Å². The van der Waals surface area contributed by atoms with E-state index < -0.39 is 216 Å². The number of aliphatic hydroxyl groups is 23. The van der Waals surface area contributed by atoms with Crippen molar-refractivity contribution in [3.63, 3.8) is 0 Å². The van der Waals surface area contributed by atoms with Crippen LogP contribution in [-0.2, 0) is 28.4 Å². The molecule has 0 radical (unpaired) electrons. The van der Waals surface area contributed by atoms with Gasteiger partial charge in [0.25, 0.3) is 0 Å². The highest BCUT2D eigenvalue weighted by Gasteiger charge is 2.49. The summed E-state index contributed by atoms with van der Waals surface area (Å²) in [5, 5.41) is 237. The molecule has 31 nitrogen and oxygen atoms in total. The molecule has 24 N–H and O–H groups in total. The first-order valence-corrected chi connectivity index (χ1v) is 21.8. The van der Waals surface area contributed by atoms with E-state index in [2.05, 4.69) is 9.97 Å². The summed E-state index contributed by atoms with van der Waals surface area (Å²) in [4.78, 5) is 6.62. The van der Waals surface area contributed by atoms with Crippen molar-refractivity contribution in [2.45, 2.75) is 124 Å². The minimum Gasteiger partial charge on any atom is -0.506 e. The normalized spacial score (nSPS) is 24.7. The molecule has 0 amide bonds. The predicted molar refractivity (Wildman–Crippen MR) is 232 cm³/mol. The highest BCUT2D eigenvalue weighted by molar-refractivity contribution is 5.75. The van der Waals surface area contributed by atoms with Crippen LogP contribution >= 0.6 is 0 Å². The average molecular weight is 1070 g/mol. The van der Waals surface area contributed by atoms with Gasteiger partial charge in [-0.2, -0.15) is 0 Å². The van der Waals surface area contributed by atoms with Crippen LogP contribution in [0.1, 0.15) is 37.6 Å². The van der Waals surface area contributed by atoms with E-state index in [-0.39, 0.29) is 16.9 Å². The van der Waals surface area contributed by atoms with Gasteiger partial charge in [0.1, 0.15) is 78.8 Å². The van der Waals surface area contributed by atoms with Gasteiger partial charge < -0.3 is 151 Å². The number of benzene rings is 1. The molecule has 1 aliphatic rings. The van der Waals surface area contributed by atoms with Crippen molar-refractivity contribution >= 4 is 11.0 Å². The Morgan fingerprint density at radius 3 is 1.48 bits per heavy atom. The number of hydrogen-bond donors (Lipinski definition) is 24. The van der Waals surface area contributed by atoms with Crippen molar-refractivity contribution in [3.8, 4) is 0 Å². The van der Waals surface area contributed by atoms with Crippen LogP contribution in [0.4, 0.5) is 4.39 Å². The molecule has 1 aliphatic heterocycles. The Hall–Kier alpha value is -4.86. The van der Waals surface area contributed by atoms with E-state index in [1.54, 1.807) is 0 Å². The quantitative estimate of drug-likeness (QED) is 0.0248. The molecule has 1 fully saturated rings. The number of nitrogens with one attached hydrogen (secondary N) is 1. The molecule has 32 heteroatoms. The highest BCUT2D eigenvalue weighted by Crippen LogP contribution is 2.31. The lowest BCUT2D eigenvalue weighted by molar-refractivity contribution is -0.337. The number of hydrogen-bond acceptors (Lipinski definition) is 30. The first kappa shape index (κ1) is 62.4. The fourth-order valence-electron chi connectivity index (χ4n) is 6.71. The second-order valence-electron chi connectivity index (χ2n) is 15.8. The minimum absolute atomic E-state index is 0.135. The monoisotopic (exact) mass is 1070 g/mol. The van der Waals surface area contributed by atoms with Crippen molar-refractivity contribution in [1.82, 2.24) is 9.97 Å². The van der Waals surface area contributed by atoms with Gasteiger partial charge in [0.2, 0.25) is 25.2 Å². The second-order valence-corrected chi connectivity index (χ2v) is 15.8. The number of rotatable bonds is 31. The third-order valence-corrected chi connectivity index (χ3v) is 10.7. The van der Waals surface area contributed by atoms with Gasteiger partial charge in [-0.1, -0.05) is 0 Å². The molecule has 0 bridgehead atoms. The van der Waals surface area contributed by atoms with Crippen LogP contribution in [0.5, 0.6) is 0 Å². The molecule has 0 saturated carbocycles. The second kappa shape index (κ2) is 29.3. The smallest absolute Gasteiger partial charge is 0.218 e. The van der Waals surface area contributed by atoms with Crippen LogP contribution in [-0.4, -0.2) is 260 Å². The Morgan fingerprint density at radius 2 is 1.04 bits per heavy atom. The Balaban J connectivity index is 1.76. The number of aliphatic hydroxyl groups excluding tert-OH is 23. The Labute approximate surface area is 410 Å². The van der Waals surface area contributed by atoms with Gasteiger partial charge in [-0.25, -0.2) is 9.37 Å². The summed E-state index contributed by atoms with van der Waals surface area (Å²) in [6.07, 6.45) is -38.2. The molecule has 2 aromatic rings. The molecule has 0 spiro atoms. The van der Waals surface area contributed by atoms with Crippen molar-refractivity contribution in [3.05, 3.63) is 75.9 Å². The number of fused-ring (bicyclic) bond motifs is 1. The van der Waals surface area contributed by atoms with Gasteiger partial charge in [-0.15, -0.1) is 0 Å². The Bertz CT molecular complexity index is 2140. The number of imidazole rings is 1. The van der Waals surface area contributed by atoms with Crippen molar-refractivity contribution in [2.75, 3.05) is 39.6 Å². The summed E-state index contributed by atoms with van der Waals surface area (Å²) >= 11 is 0. The first-order valence-electron chi connectivity index (χ1n) is 21.8. The van der Waals surface area contributed by atoms with E-state index >= 15 is 0 Å². The summed E-state index contributed by atoms with van der Waals surface area (Å²) in [5.41, 5.74) is 0.326. The fraction of sp³-hybridized carbons (Fsp3) is 0.634. The lowest BCUT2D eigenvalue weighted by Crippen LogP contribution is -2.62. The van der Waals surface area contributed by atoms with Crippen LogP contribution in [0.25, 0.3) is 11.0 Å². The lowest BCUT2D eigenvalue weighted by Gasteiger charge is -2.43. The van der Waals surface area contributed by atoms with Gasteiger partial charge in [0.05, 0.1) is 24.2 Å². The average Bonchev–Trinajstić information content (AvgIpc) is 3.80. The largest absolute Gasteiger partial charge is 0.506 e. The molecule has 5 unspecified atom stereocenters. The molecule has 73 heavy (non-hydrogen) atoms. The molecule has 418 valence electrons. The molecular weight excluding hydrogens is 1000 g/mol. The van der Waals surface area contributed by atoms with Gasteiger partial charge in [0.15, 0.2) is 52.4 Å². The molecule has 16 atom stereocenters. The predicted octanol–water partition coefficient (Wildman–Crippen LogP) is -5.07. The van der Waals surface area contributed by atoms with Crippen LogP contribution in [0.15, 0.2) is 64.3 Å². The topological polar surface area (TPSA) is 549 Å². The number of halogens is 1. The number of nitrogens with zero attached hydrogens (tertiary/aromatic N) is 1. The highest BCUT2D eigenvalue weighted by atomic mass is 19.1. The van der Waals surface area contributed by atoms with E-state index in [1.807, 2.05) is 0 Å². The van der Waals surface area contributed by atoms with E-state index in [0.717, 1.165) is 12.1 Å². The summed E-state index contributed by atoms with van der Waals surface area (Å²) in [5.74, 6) is -12.9. The van der Waals surface area contributed by atoms with Crippen molar-refractivity contribution < 1.29 is 150 Å². The van der Waals surface area contributed by atoms with E-state index in [0.29, 0.717) is 0 Å². The van der Waals surface area contributed by atoms with Gasteiger partial charge in [0, 0.05) is 52.1 Å². The number of H-pyrrole nitrogens is 1.